The topological polar surface area (TPSA) is 64.8 Å². The number of nitrogens with zero attached hydrogens (tertiary/aromatic N) is 4. The predicted octanol–water partition coefficient (Wildman–Crippen LogP) is 1.41. The molecule has 0 aliphatic rings. The molecule has 1 atom stereocenters. The number of hydrogen-bond donors (Lipinski definition) is 1. The Morgan fingerprint density at radius 2 is 2.18 bits per heavy atom. The second-order valence-electron chi connectivity index (χ2n) is 4.47. The van der Waals surface area contributed by atoms with Gasteiger partial charge in [-0.1, -0.05) is 0 Å². The number of nitrogens with one attached hydrogen (secondary N) is 1. The summed E-state index contributed by atoms with van der Waals surface area (Å²) in [5, 5.41) is 12.0. The van der Waals surface area contributed by atoms with Crippen LogP contribution in [-0.2, 0) is 0 Å². The molecule has 1 heterocycles. The van der Waals surface area contributed by atoms with E-state index in [9.17, 15) is 0 Å². The standard InChI is InChI=1S/C12H19N5/c1-9(5-6-17(3)4)14-12-15-10(2)7-11(8-13)16-12/h7,9H,5-6H2,1-4H3,(H,14,15,16). The Hall–Kier alpha value is -1.67. The van der Waals surface area contributed by atoms with E-state index in [-0.39, 0.29) is 6.04 Å². The number of hydrogen-bond acceptors (Lipinski definition) is 5. The van der Waals surface area contributed by atoms with Gasteiger partial charge in [0.25, 0.3) is 0 Å². The van der Waals surface area contributed by atoms with Crippen molar-refractivity contribution in [1.82, 2.24) is 14.9 Å². The Bertz CT molecular complexity index is 408. The molecule has 0 saturated heterocycles. The van der Waals surface area contributed by atoms with Gasteiger partial charge in [0.1, 0.15) is 11.8 Å². The molecular formula is C12H19N5. The van der Waals surface area contributed by atoms with Crippen molar-refractivity contribution in [2.75, 3.05) is 26.0 Å². The molecule has 0 aliphatic heterocycles. The number of rotatable bonds is 5. The van der Waals surface area contributed by atoms with Gasteiger partial charge in [-0.05, 0) is 47.0 Å². The van der Waals surface area contributed by atoms with Gasteiger partial charge < -0.3 is 10.2 Å². The van der Waals surface area contributed by atoms with Crippen LogP contribution in [0.5, 0.6) is 0 Å². The minimum Gasteiger partial charge on any atom is -0.352 e. The zero-order valence-corrected chi connectivity index (χ0v) is 10.9. The third-order valence-electron chi connectivity index (χ3n) is 2.35. The maximum absolute atomic E-state index is 8.82. The third-order valence-corrected chi connectivity index (χ3v) is 2.35. The third kappa shape index (κ3) is 4.79. The van der Waals surface area contributed by atoms with E-state index in [0.29, 0.717) is 11.6 Å². The minimum absolute atomic E-state index is 0.283. The number of aryl methyl sites for hydroxylation is 1. The summed E-state index contributed by atoms with van der Waals surface area (Å²) in [7, 11) is 4.09. The summed E-state index contributed by atoms with van der Waals surface area (Å²) in [5.74, 6) is 0.535. The van der Waals surface area contributed by atoms with Crippen LogP contribution in [0, 0.1) is 18.3 Å². The fourth-order valence-electron chi connectivity index (χ4n) is 1.43. The molecule has 1 aromatic rings. The van der Waals surface area contributed by atoms with E-state index in [2.05, 4.69) is 27.1 Å². The van der Waals surface area contributed by atoms with Crippen molar-refractivity contribution >= 4 is 5.95 Å². The molecule has 17 heavy (non-hydrogen) atoms. The molecule has 0 aromatic carbocycles. The Morgan fingerprint density at radius 3 is 2.76 bits per heavy atom. The molecule has 0 spiro atoms. The molecule has 0 radical (unpaired) electrons. The Kier molecular flexibility index (Phi) is 4.85. The molecule has 5 nitrogen and oxygen atoms in total. The highest BCUT2D eigenvalue weighted by Crippen LogP contribution is 2.06. The smallest absolute Gasteiger partial charge is 0.224 e. The highest BCUT2D eigenvalue weighted by Gasteiger charge is 2.06. The Balaban J connectivity index is 2.62. The van der Waals surface area contributed by atoms with Gasteiger partial charge in [0.05, 0.1) is 0 Å². The van der Waals surface area contributed by atoms with E-state index < -0.39 is 0 Å². The van der Waals surface area contributed by atoms with Crippen molar-refractivity contribution in [3.05, 3.63) is 17.5 Å². The number of aromatic nitrogens is 2. The average Bonchev–Trinajstić information content (AvgIpc) is 2.25. The monoisotopic (exact) mass is 233 g/mol. The maximum Gasteiger partial charge on any atom is 0.224 e. The summed E-state index contributed by atoms with van der Waals surface area (Å²) in [6, 6.07) is 3.99. The second-order valence-corrected chi connectivity index (χ2v) is 4.47. The van der Waals surface area contributed by atoms with Crippen LogP contribution in [0.2, 0.25) is 0 Å². The summed E-state index contributed by atoms with van der Waals surface area (Å²) in [6.07, 6.45) is 1.01. The lowest BCUT2D eigenvalue weighted by Crippen LogP contribution is -2.24. The lowest BCUT2D eigenvalue weighted by Gasteiger charge is -2.16. The van der Waals surface area contributed by atoms with Crippen molar-refractivity contribution in [1.29, 1.82) is 5.26 Å². The molecule has 5 heteroatoms. The molecule has 1 N–H and O–H groups in total. The molecule has 1 unspecified atom stereocenters. The zero-order chi connectivity index (χ0) is 12.8. The molecule has 92 valence electrons. The lowest BCUT2D eigenvalue weighted by molar-refractivity contribution is 0.390. The van der Waals surface area contributed by atoms with Crippen LogP contribution in [0.3, 0.4) is 0 Å². The largest absolute Gasteiger partial charge is 0.352 e. The van der Waals surface area contributed by atoms with Crippen molar-refractivity contribution in [3.63, 3.8) is 0 Å². The minimum atomic E-state index is 0.283. The van der Waals surface area contributed by atoms with Gasteiger partial charge in [0.2, 0.25) is 5.95 Å². The lowest BCUT2D eigenvalue weighted by atomic mass is 10.2. The van der Waals surface area contributed by atoms with Crippen molar-refractivity contribution < 1.29 is 0 Å². The predicted molar refractivity (Wildman–Crippen MR) is 67.7 cm³/mol. The fraction of sp³-hybridized carbons (Fsp3) is 0.583. The van der Waals surface area contributed by atoms with Crippen LogP contribution >= 0.6 is 0 Å². The normalized spacial score (nSPS) is 12.2. The average molecular weight is 233 g/mol. The van der Waals surface area contributed by atoms with Crippen LogP contribution in [-0.4, -0.2) is 41.5 Å². The van der Waals surface area contributed by atoms with Gasteiger partial charge in [-0.3, -0.25) is 0 Å². The zero-order valence-electron chi connectivity index (χ0n) is 10.9. The first-order valence-corrected chi connectivity index (χ1v) is 5.68. The van der Waals surface area contributed by atoms with E-state index in [1.54, 1.807) is 6.07 Å². The number of anilines is 1. The first-order valence-electron chi connectivity index (χ1n) is 5.68. The van der Waals surface area contributed by atoms with Gasteiger partial charge in [0, 0.05) is 11.7 Å². The van der Waals surface area contributed by atoms with Crippen molar-refractivity contribution in [2.45, 2.75) is 26.3 Å². The Labute approximate surface area is 102 Å². The fourth-order valence-corrected chi connectivity index (χ4v) is 1.43. The van der Waals surface area contributed by atoms with E-state index >= 15 is 0 Å². The molecule has 1 aromatic heterocycles. The van der Waals surface area contributed by atoms with Gasteiger partial charge >= 0.3 is 0 Å². The van der Waals surface area contributed by atoms with Crippen LogP contribution in [0.15, 0.2) is 6.07 Å². The molecule has 0 aliphatic carbocycles. The highest BCUT2D eigenvalue weighted by atomic mass is 15.1. The maximum atomic E-state index is 8.82. The van der Waals surface area contributed by atoms with E-state index in [4.69, 9.17) is 5.26 Å². The van der Waals surface area contributed by atoms with Crippen LogP contribution in [0.25, 0.3) is 0 Å². The van der Waals surface area contributed by atoms with E-state index in [1.807, 2.05) is 27.1 Å². The molecule has 1 rings (SSSR count). The van der Waals surface area contributed by atoms with Crippen LogP contribution in [0.4, 0.5) is 5.95 Å². The summed E-state index contributed by atoms with van der Waals surface area (Å²) in [6.45, 7) is 4.95. The SMILES string of the molecule is Cc1cc(C#N)nc(NC(C)CCN(C)C)n1. The van der Waals surface area contributed by atoms with Crippen LogP contribution in [0.1, 0.15) is 24.7 Å². The molecule has 0 bridgehead atoms. The second kappa shape index (κ2) is 6.16. The summed E-state index contributed by atoms with van der Waals surface area (Å²) >= 11 is 0. The van der Waals surface area contributed by atoms with Crippen molar-refractivity contribution in [3.8, 4) is 6.07 Å². The van der Waals surface area contributed by atoms with E-state index in [1.165, 1.54) is 0 Å². The first-order chi connectivity index (χ1) is 8.01. The van der Waals surface area contributed by atoms with Gasteiger partial charge in [-0.15, -0.1) is 0 Å². The van der Waals surface area contributed by atoms with E-state index in [0.717, 1.165) is 18.7 Å². The molecule has 0 saturated carbocycles. The van der Waals surface area contributed by atoms with Gasteiger partial charge in [-0.2, -0.15) is 5.26 Å². The summed E-state index contributed by atoms with van der Waals surface area (Å²) in [4.78, 5) is 10.5. The molecule has 0 fully saturated rings. The van der Waals surface area contributed by atoms with Gasteiger partial charge in [0.15, 0.2) is 0 Å². The quantitative estimate of drug-likeness (QED) is 0.833. The number of nitriles is 1. The molecule has 0 amide bonds. The summed E-state index contributed by atoms with van der Waals surface area (Å²) in [5.41, 5.74) is 1.21. The van der Waals surface area contributed by atoms with Crippen molar-refractivity contribution in [2.24, 2.45) is 0 Å². The Morgan fingerprint density at radius 1 is 1.47 bits per heavy atom. The molecular weight excluding hydrogens is 214 g/mol. The van der Waals surface area contributed by atoms with Crippen LogP contribution < -0.4 is 5.32 Å². The summed E-state index contributed by atoms with van der Waals surface area (Å²) < 4.78 is 0. The van der Waals surface area contributed by atoms with Gasteiger partial charge in [-0.25, -0.2) is 9.97 Å². The highest BCUT2D eigenvalue weighted by molar-refractivity contribution is 5.33. The first kappa shape index (κ1) is 13.4.